The highest BCUT2D eigenvalue weighted by atomic mass is 127. The van der Waals surface area contributed by atoms with E-state index in [4.69, 9.17) is 15.2 Å². The normalized spacial score (nSPS) is 12.8. The van der Waals surface area contributed by atoms with Gasteiger partial charge in [-0.05, 0) is 99.6 Å². The topological polar surface area (TPSA) is 137 Å². The van der Waals surface area contributed by atoms with Crippen LogP contribution in [0.3, 0.4) is 0 Å². The molecule has 0 aliphatic carbocycles. The number of amides is 2. The number of ether oxygens (including phenoxy) is 2. The minimum atomic E-state index is -0.955. The highest BCUT2D eigenvalue weighted by Crippen LogP contribution is 2.11. The van der Waals surface area contributed by atoms with Gasteiger partial charge in [-0.15, -0.1) is 0 Å². The average Bonchev–Trinajstić information content (AvgIpc) is 2.81. The third-order valence-corrected chi connectivity index (χ3v) is 5.96. The molecule has 0 saturated carbocycles. The lowest BCUT2D eigenvalue weighted by Gasteiger charge is -2.21. The number of rotatable bonds is 15. The van der Waals surface area contributed by atoms with Crippen molar-refractivity contribution in [2.75, 3.05) is 13.7 Å². The summed E-state index contributed by atoms with van der Waals surface area (Å²) in [6.07, 6.45) is 3.77. The lowest BCUT2D eigenvalue weighted by Crippen LogP contribution is -2.49. The molecule has 4 N–H and O–H groups in total. The SMILES string of the molecule is COC(=O)C(CCCCNC(=O)CCCc1ccc(I)cc1)NC(=O)C(N)CCC(=O)OC(C)(C)C. The molecule has 0 saturated heterocycles. The molecule has 1 aromatic rings. The van der Waals surface area contributed by atoms with Crippen LogP contribution in [-0.2, 0) is 35.1 Å². The van der Waals surface area contributed by atoms with E-state index in [2.05, 4.69) is 57.5 Å². The number of hydrogen-bond acceptors (Lipinski definition) is 7. The smallest absolute Gasteiger partial charge is 0.328 e. The van der Waals surface area contributed by atoms with Crippen LogP contribution in [0.2, 0.25) is 0 Å². The summed E-state index contributed by atoms with van der Waals surface area (Å²) in [6, 6.07) is 6.45. The first-order valence-corrected chi connectivity index (χ1v) is 13.4. The number of benzene rings is 1. The average molecular weight is 618 g/mol. The van der Waals surface area contributed by atoms with Gasteiger partial charge in [-0.25, -0.2) is 4.79 Å². The Balaban J connectivity index is 2.30. The Bertz CT molecular complexity index is 854. The van der Waals surface area contributed by atoms with E-state index in [0.717, 1.165) is 12.8 Å². The molecule has 10 heteroatoms. The van der Waals surface area contributed by atoms with Crippen molar-refractivity contribution >= 4 is 46.3 Å². The lowest BCUT2D eigenvalue weighted by atomic mass is 10.1. The van der Waals surface area contributed by atoms with Crippen LogP contribution >= 0.6 is 22.6 Å². The van der Waals surface area contributed by atoms with Crippen molar-refractivity contribution in [3.63, 3.8) is 0 Å². The van der Waals surface area contributed by atoms with Gasteiger partial charge in [0.15, 0.2) is 0 Å². The second-order valence-electron chi connectivity index (χ2n) is 9.64. The molecule has 0 aliphatic heterocycles. The largest absolute Gasteiger partial charge is 0.467 e. The number of esters is 2. The molecule has 0 heterocycles. The maximum atomic E-state index is 12.4. The zero-order valence-electron chi connectivity index (χ0n) is 21.7. The van der Waals surface area contributed by atoms with Crippen LogP contribution in [-0.4, -0.2) is 55.1 Å². The first kappa shape index (κ1) is 31.8. The van der Waals surface area contributed by atoms with Crippen LogP contribution in [0.1, 0.15) is 71.3 Å². The van der Waals surface area contributed by atoms with E-state index in [0.29, 0.717) is 32.2 Å². The van der Waals surface area contributed by atoms with Crippen molar-refractivity contribution in [1.29, 1.82) is 0 Å². The van der Waals surface area contributed by atoms with Crippen LogP contribution in [0.5, 0.6) is 0 Å². The fourth-order valence-electron chi connectivity index (χ4n) is 3.36. The summed E-state index contributed by atoms with van der Waals surface area (Å²) in [7, 11) is 1.25. The van der Waals surface area contributed by atoms with Gasteiger partial charge in [0, 0.05) is 23.0 Å². The van der Waals surface area contributed by atoms with Gasteiger partial charge in [0.1, 0.15) is 11.6 Å². The van der Waals surface area contributed by atoms with Gasteiger partial charge in [0.25, 0.3) is 0 Å². The number of nitrogens with one attached hydrogen (secondary N) is 2. The molecule has 9 nitrogen and oxygen atoms in total. The van der Waals surface area contributed by atoms with Gasteiger partial charge >= 0.3 is 11.9 Å². The van der Waals surface area contributed by atoms with Gasteiger partial charge in [0.2, 0.25) is 11.8 Å². The summed E-state index contributed by atoms with van der Waals surface area (Å²) in [5.74, 6) is -1.54. The maximum Gasteiger partial charge on any atom is 0.328 e. The molecule has 0 aromatic heterocycles. The highest BCUT2D eigenvalue weighted by Gasteiger charge is 2.25. The first-order chi connectivity index (χ1) is 16.9. The van der Waals surface area contributed by atoms with E-state index < -0.39 is 35.5 Å². The van der Waals surface area contributed by atoms with E-state index in [1.807, 2.05) is 0 Å². The Morgan fingerprint density at radius 1 is 1.00 bits per heavy atom. The molecule has 0 aliphatic rings. The predicted molar refractivity (Wildman–Crippen MR) is 146 cm³/mol. The van der Waals surface area contributed by atoms with Crippen LogP contribution in [0.15, 0.2) is 24.3 Å². The fourth-order valence-corrected chi connectivity index (χ4v) is 3.72. The Morgan fingerprint density at radius 2 is 1.67 bits per heavy atom. The van der Waals surface area contributed by atoms with Gasteiger partial charge in [-0.1, -0.05) is 12.1 Å². The quantitative estimate of drug-likeness (QED) is 0.156. The number of halogens is 1. The molecule has 202 valence electrons. The van der Waals surface area contributed by atoms with Crippen LogP contribution < -0.4 is 16.4 Å². The third-order valence-electron chi connectivity index (χ3n) is 5.24. The second kappa shape index (κ2) is 16.5. The molecule has 2 amide bonds. The van der Waals surface area contributed by atoms with Crippen molar-refractivity contribution in [3.8, 4) is 0 Å². The zero-order valence-corrected chi connectivity index (χ0v) is 23.9. The number of methoxy groups -OCH3 is 1. The maximum absolute atomic E-state index is 12.4. The molecule has 2 unspecified atom stereocenters. The molecule has 0 bridgehead atoms. The molecule has 0 radical (unpaired) electrons. The molecular weight excluding hydrogens is 577 g/mol. The fraction of sp³-hybridized carbons (Fsp3) is 0.615. The van der Waals surface area contributed by atoms with Crippen molar-refractivity contribution in [1.82, 2.24) is 10.6 Å². The van der Waals surface area contributed by atoms with Crippen molar-refractivity contribution in [2.24, 2.45) is 5.73 Å². The minimum Gasteiger partial charge on any atom is -0.467 e. The number of aryl methyl sites for hydroxylation is 1. The molecule has 1 aromatic carbocycles. The number of unbranched alkanes of at least 4 members (excludes halogenated alkanes) is 1. The van der Waals surface area contributed by atoms with Crippen LogP contribution in [0.4, 0.5) is 0 Å². The molecule has 1 rings (SSSR count). The Hall–Kier alpha value is -2.21. The van der Waals surface area contributed by atoms with E-state index in [1.165, 1.54) is 16.2 Å². The monoisotopic (exact) mass is 617 g/mol. The second-order valence-corrected chi connectivity index (χ2v) is 10.9. The van der Waals surface area contributed by atoms with E-state index in [-0.39, 0.29) is 18.7 Å². The number of carbonyl (C=O) groups excluding carboxylic acids is 4. The summed E-state index contributed by atoms with van der Waals surface area (Å²) in [4.78, 5) is 48.4. The first-order valence-electron chi connectivity index (χ1n) is 12.3. The van der Waals surface area contributed by atoms with Gasteiger partial charge in [-0.3, -0.25) is 14.4 Å². The number of nitrogens with two attached hydrogens (primary N) is 1. The zero-order chi connectivity index (χ0) is 27.1. The Labute approximate surface area is 227 Å². The molecule has 2 atom stereocenters. The minimum absolute atomic E-state index is 0.000831. The molecule has 0 spiro atoms. The van der Waals surface area contributed by atoms with Crippen molar-refractivity contribution in [3.05, 3.63) is 33.4 Å². The predicted octanol–water partition coefficient (Wildman–Crippen LogP) is 3.01. The van der Waals surface area contributed by atoms with Gasteiger partial charge in [0.05, 0.1) is 13.2 Å². The number of hydrogen-bond donors (Lipinski definition) is 3. The summed E-state index contributed by atoms with van der Waals surface area (Å²) >= 11 is 2.26. The Morgan fingerprint density at radius 3 is 2.28 bits per heavy atom. The molecule has 0 fully saturated rings. The lowest BCUT2D eigenvalue weighted by molar-refractivity contribution is -0.155. The number of carbonyl (C=O) groups is 4. The van der Waals surface area contributed by atoms with Crippen molar-refractivity contribution < 1.29 is 28.7 Å². The summed E-state index contributed by atoms with van der Waals surface area (Å²) in [5, 5.41) is 5.50. The van der Waals surface area contributed by atoms with Crippen LogP contribution in [0.25, 0.3) is 0 Å². The van der Waals surface area contributed by atoms with Gasteiger partial charge < -0.3 is 25.8 Å². The standard InChI is InChI=1S/C26H40IN3O6/c1-26(2,3)36-23(32)16-15-20(28)24(33)30-21(25(34)35-4)9-5-6-17-29-22(31)10-7-8-18-11-13-19(27)14-12-18/h11-14,20-21H,5-10,15-17,28H2,1-4H3,(H,29,31)(H,30,33). The van der Waals surface area contributed by atoms with Crippen LogP contribution in [0, 0.1) is 3.57 Å². The summed E-state index contributed by atoms with van der Waals surface area (Å²) in [5.41, 5.74) is 6.49. The van der Waals surface area contributed by atoms with Crippen molar-refractivity contribution in [2.45, 2.75) is 89.8 Å². The molecular formula is C26H40IN3O6. The third kappa shape index (κ3) is 14.4. The van der Waals surface area contributed by atoms with E-state index in [9.17, 15) is 19.2 Å². The summed E-state index contributed by atoms with van der Waals surface area (Å²) < 4.78 is 11.2. The van der Waals surface area contributed by atoms with Gasteiger partial charge in [-0.2, -0.15) is 0 Å². The van der Waals surface area contributed by atoms with E-state index >= 15 is 0 Å². The summed E-state index contributed by atoms with van der Waals surface area (Å²) in [6.45, 7) is 5.77. The molecule has 36 heavy (non-hydrogen) atoms. The van der Waals surface area contributed by atoms with E-state index in [1.54, 1.807) is 20.8 Å². The Kier molecular flexibility index (Phi) is 14.6. The highest BCUT2D eigenvalue weighted by molar-refractivity contribution is 14.1.